The van der Waals surface area contributed by atoms with E-state index in [1.165, 1.54) is 10.6 Å². The van der Waals surface area contributed by atoms with Gasteiger partial charge >= 0.3 is 0 Å². The van der Waals surface area contributed by atoms with Gasteiger partial charge < -0.3 is 10.6 Å². The molecule has 0 aromatic carbocycles. The fourth-order valence-electron chi connectivity index (χ4n) is 3.29. The SMILES string of the molecule is CS(=O)(=O)N1CCN(C(=O)C2CCCCC2CN)CC1. The van der Waals surface area contributed by atoms with Crippen molar-refractivity contribution in [2.75, 3.05) is 39.0 Å². The van der Waals surface area contributed by atoms with E-state index in [1.807, 2.05) is 4.90 Å². The van der Waals surface area contributed by atoms with E-state index in [1.54, 1.807) is 0 Å². The maximum atomic E-state index is 12.6. The van der Waals surface area contributed by atoms with Crippen molar-refractivity contribution in [1.29, 1.82) is 0 Å². The average Bonchev–Trinajstić information content (AvgIpc) is 2.45. The number of rotatable bonds is 3. The number of sulfonamides is 1. The second-order valence-corrected chi connectivity index (χ2v) is 7.86. The van der Waals surface area contributed by atoms with E-state index < -0.39 is 10.0 Å². The summed E-state index contributed by atoms with van der Waals surface area (Å²) in [7, 11) is -3.14. The summed E-state index contributed by atoms with van der Waals surface area (Å²) >= 11 is 0. The first-order valence-corrected chi connectivity index (χ1v) is 9.22. The Labute approximate surface area is 121 Å². The number of nitrogens with zero attached hydrogens (tertiary/aromatic N) is 2. The van der Waals surface area contributed by atoms with Gasteiger partial charge in [-0.05, 0) is 25.3 Å². The Hall–Kier alpha value is -0.660. The van der Waals surface area contributed by atoms with Crippen LogP contribution in [-0.4, -0.2) is 62.5 Å². The highest BCUT2D eigenvalue weighted by Gasteiger charge is 2.35. The van der Waals surface area contributed by atoms with E-state index in [0.29, 0.717) is 38.6 Å². The van der Waals surface area contributed by atoms with Crippen LogP contribution in [0.15, 0.2) is 0 Å². The number of hydrogen-bond acceptors (Lipinski definition) is 4. The third-order valence-electron chi connectivity index (χ3n) is 4.55. The van der Waals surface area contributed by atoms with Gasteiger partial charge in [0.25, 0.3) is 0 Å². The molecule has 2 aliphatic rings. The lowest BCUT2D eigenvalue weighted by atomic mass is 9.78. The Morgan fingerprint density at radius 1 is 1.15 bits per heavy atom. The summed E-state index contributed by atoms with van der Waals surface area (Å²) in [5.41, 5.74) is 5.78. The standard InChI is InChI=1S/C13H25N3O3S/c1-20(18,19)16-8-6-15(7-9-16)13(17)12-5-3-2-4-11(12)10-14/h11-12H,2-10,14H2,1H3. The molecule has 7 heteroatoms. The molecule has 116 valence electrons. The van der Waals surface area contributed by atoms with Crippen LogP contribution in [0.25, 0.3) is 0 Å². The van der Waals surface area contributed by atoms with Crippen LogP contribution in [0.3, 0.4) is 0 Å². The summed E-state index contributed by atoms with van der Waals surface area (Å²) in [6.07, 6.45) is 5.43. The van der Waals surface area contributed by atoms with Gasteiger partial charge in [-0.3, -0.25) is 4.79 Å². The molecule has 0 radical (unpaired) electrons. The maximum absolute atomic E-state index is 12.6. The lowest BCUT2D eigenvalue weighted by Gasteiger charge is -2.38. The smallest absolute Gasteiger partial charge is 0.226 e. The molecule has 1 amide bonds. The van der Waals surface area contributed by atoms with E-state index in [2.05, 4.69) is 0 Å². The highest BCUT2D eigenvalue weighted by atomic mass is 32.2. The first-order valence-electron chi connectivity index (χ1n) is 7.37. The molecule has 2 N–H and O–H groups in total. The number of carbonyl (C=O) groups excluding carboxylic acids is 1. The van der Waals surface area contributed by atoms with Gasteiger partial charge in [-0.2, -0.15) is 4.31 Å². The number of piperazine rings is 1. The van der Waals surface area contributed by atoms with Crippen molar-refractivity contribution in [1.82, 2.24) is 9.21 Å². The third kappa shape index (κ3) is 3.51. The minimum Gasteiger partial charge on any atom is -0.340 e. The van der Waals surface area contributed by atoms with E-state index >= 15 is 0 Å². The van der Waals surface area contributed by atoms with Crippen molar-refractivity contribution in [2.45, 2.75) is 25.7 Å². The van der Waals surface area contributed by atoms with Crippen molar-refractivity contribution >= 4 is 15.9 Å². The summed E-state index contributed by atoms with van der Waals surface area (Å²) in [5, 5.41) is 0. The highest BCUT2D eigenvalue weighted by molar-refractivity contribution is 7.88. The van der Waals surface area contributed by atoms with Crippen LogP contribution in [0, 0.1) is 11.8 Å². The molecule has 0 spiro atoms. The lowest BCUT2D eigenvalue weighted by Crippen LogP contribution is -2.53. The first kappa shape index (κ1) is 15.7. The van der Waals surface area contributed by atoms with Gasteiger partial charge in [0.1, 0.15) is 0 Å². The summed E-state index contributed by atoms with van der Waals surface area (Å²) < 4.78 is 24.4. The molecule has 0 aromatic rings. The van der Waals surface area contributed by atoms with Crippen LogP contribution in [0.4, 0.5) is 0 Å². The maximum Gasteiger partial charge on any atom is 0.226 e. The predicted molar refractivity (Wildman–Crippen MR) is 77.5 cm³/mol. The number of nitrogens with two attached hydrogens (primary N) is 1. The molecule has 1 aliphatic heterocycles. The normalized spacial score (nSPS) is 29.4. The Morgan fingerprint density at radius 2 is 1.75 bits per heavy atom. The molecular weight excluding hydrogens is 278 g/mol. The molecule has 0 bridgehead atoms. The van der Waals surface area contributed by atoms with Crippen LogP contribution in [0.2, 0.25) is 0 Å². The molecule has 1 saturated carbocycles. The zero-order valence-electron chi connectivity index (χ0n) is 12.1. The molecule has 2 atom stereocenters. The second-order valence-electron chi connectivity index (χ2n) is 5.87. The van der Waals surface area contributed by atoms with Crippen molar-refractivity contribution in [3.63, 3.8) is 0 Å². The average molecular weight is 303 g/mol. The third-order valence-corrected chi connectivity index (χ3v) is 5.85. The molecule has 1 saturated heterocycles. The van der Waals surface area contributed by atoms with E-state index in [-0.39, 0.29) is 11.8 Å². The van der Waals surface area contributed by atoms with Crippen LogP contribution in [0.1, 0.15) is 25.7 Å². The van der Waals surface area contributed by atoms with Crippen LogP contribution in [-0.2, 0) is 14.8 Å². The quantitative estimate of drug-likeness (QED) is 0.786. The van der Waals surface area contributed by atoms with Gasteiger partial charge in [0.2, 0.25) is 15.9 Å². The van der Waals surface area contributed by atoms with Gasteiger partial charge in [0.05, 0.1) is 6.26 Å². The van der Waals surface area contributed by atoms with Crippen molar-refractivity contribution in [2.24, 2.45) is 17.6 Å². The Balaban J connectivity index is 1.94. The fraction of sp³-hybridized carbons (Fsp3) is 0.923. The van der Waals surface area contributed by atoms with Crippen molar-refractivity contribution in [3.8, 4) is 0 Å². The van der Waals surface area contributed by atoms with Gasteiger partial charge in [-0.25, -0.2) is 8.42 Å². The van der Waals surface area contributed by atoms with Gasteiger partial charge in [-0.1, -0.05) is 12.8 Å². The second kappa shape index (κ2) is 6.41. The summed E-state index contributed by atoms with van der Waals surface area (Å²) in [6.45, 7) is 2.38. The molecule has 2 rings (SSSR count). The molecule has 2 fully saturated rings. The topological polar surface area (TPSA) is 83.7 Å². The molecule has 2 unspecified atom stereocenters. The van der Waals surface area contributed by atoms with E-state index in [4.69, 9.17) is 5.73 Å². The highest BCUT2D eigenvalue weighted by Crippen LogP contribution is 2.31. The van der Waals surface area contributed by atoms with Crippen LogP contribution < -0.4 is 5.73 Å². The van der Waals surface area contributed by atoms with Crippen LogP contribution >= 0.6 is 0 Å². The van der Waals surface area contributed by atoms with Gasteiger partial charge in [0.15, 0.2) is 0 Å². The Morgan fingerprint density at radius 3 is 2.30 bits per heavy atom. The minimum absolute atomic E-state index is 0.0403. The molecule has 20 heavy (non-hydrogen) atoms. The summed E-state index contributed by atoms with van der Waals surface area (Å²) in [4.78, 5) is 14.4. The minimum atomic E-state index is -3.14. The van der Waals surface area contributed by atoms with Gasteiger partial charge in [0, 0.05) is 32.1 Å². The van der Waals surface area contributed by atoms with Gasteiger partial charge in [-0.15, -0.1) is 0 Å². The lowest BCUT2D eigenvalue weighted by molar-refractivity contribution is -0.139. The zero-order valence-corrected chi connectivity index (χ0v) is 12.9. The van der Waals surface area contributed by atoms with Crippen LogP contribution in [0.5, 0.6) is 0 Å². The zero-order chi connectivity index (χ0) is 14.8. The van der Waals surface area contributed by atoms with Crippen molar-refractivity contribution < 1.29 is 13.2 Å². The summed E-state index contributed by atoms with van der Waals surface area (Å²) in [6, 6.07) is 0. The molecule has 1 heterocycles. The predicted octanol–water partition coefficient (Wildman–Crippen LogP) is -0.145. The molecule has 6 nitrogen and oxygen atoms in total. The van der Waals surface area contributed by atoms with E-state index in [9.17, 15) is 13.2 Å². The molecular formula is C13H25N3O3S. The Bertz CT molecular complexity index is 444. The van der Waals surface area contributed by atoms with Crippen molar-refractivity contribution in [3.05, 3.63) is 0 Å². The number of amides is 1. The fourth-order valence-corrected chi connectivity index (χ4v) is 4.12. The summed E-state index contributed by atoms with van der Waals surface area (Å²) in [5.74, 6) is 0.510. The number of carbonyl (C=O) groups is 1. The molecule has 1 aliphatic carbocycles. The monoisotopic (exact) mass is 303 g/mol. The largest absolute Gasteiger partial charge is 0.340 e. The number of hydrogen-bond donors (Lipinski definition) is 1. The van der Waals surface area contributed by atoms with E-state index in [0.717, 1.165) is 25.7 Å². The molecule has 0 aromatic heterocycles. The first-order chi connectivity index (χ1) is 9.43. The Kier molecular flexibility index (Phi) is 5.04.